The van der Waals surface area contributed by atoms with Crippen molar-refractivity contribution in [3.05, 3.63) is 77.3 Å². The first-order valence-electron chi connectivity index (χ1n) is 8.87. The maximum Gasteiger partial charge on any atom is 0.221 e. The van der Waals surface area contributed by atoms with Crippen LogP contribution in [0.4, 0.5) is 0 Å². The Hall–Kier alpha value is -3.15. The molecule has 6 nitrogen and oxygen atoms in total. The van der Waals surface area contributed by atoms with Crippen LogP contribution in [0.2, 0.25) is 0 Å². The first kappa shape index (κ1) is 18.6. The molecule has 0 fully saturated rings. The van der Waals surface area contributed by atoms with Gasteiger partial charge in [0.15, 0.2) is 5.78 Å². The third-order valence-electron chi connectivity index (χ3n) is 4.50. The highest BCUT2D eigenvalue weighted by atomic mass is 16.3. The summed E-state index contributed by atoms with van der Waals surface area (Å²) < 4.78 is 7.49. The predicted molar refractivity (Wildman–Crippen MR) is 101 cm³/mol. The number of ketones is 1. The number of amides is 1. The first-order chi connectivity index (χ1) is 13.0. The van der Waals surface area contributed by atoms with Gasteiger partial charge in [0.2, 0.25) is 5.91 Å². The molecule has 140 valence electrons. The zero-order valence-corrected chi connectivity index (χ0v) is 15.7. The van der Waals surface area contributed by atoms with Gasteiger partial charge in [-0.15, -0.1) is 0 Å². The second-order valence-electron chi connectivity index (χ2n) is 6.55. The zero-order chi connectivity index (χ0) is 19.4. The van der Waals surface area contributed by atoms with Crippen molar-refractivity contribution in [1.29, 1.82) is 0 Å². The first-order valence-corrected chi connectivity index (χ1v) is 8.87. The molecule has 0 aliphatic heterocycles. The van der Waals surface area contributed by atoms with Gasteiger partial charge in [-0.05, 0) is 25.5 Å². The molecule has 0 spiro atoms. The molecule has 6 heteroatoms. The topological polar surface area (TPSA) is 77.1 Å². The fourth-order valence-electron chi connectivity index (χ4n) is 3.08. The van der Waals surface area contributed by atoms with Crippen LogP contribution >= 0.6 is 0 Å². The summed E-state index contributed by atoms with van der Waals surface area (Å²) in [6, 6.07) is 11.1. The van der Waals surface area contributed by atoms with Crippen LogP contribution in [0, 0.1) is 6.92 Å². The van der Waals surface area contributed by atoms with Crippen molar-refractivity contribution in [2.75, 3.05) is 0 Å². The van der Waals surface area contributed by atoms with Crippen LogP contribution in [-0.2, 0) is 18.3 Å². The van der Waals surface area contributed by atoms with Crippen molar-refractivity contribution in [2.24, 2.45) is 7.05 Å². The molecule has 1 atom stereocenters. The summed E-state index contributed by atoms with van der Waals surface area (Å²) in [6.45, 7) is 3.26. The number of hydrogen-bond acceptors (Lipinski definition) is 4. The highest BCUT2D eigenvalue weighted by Gasteiger charge is 2.21. The summed E-state index contributed by atoms with van der Waals surface area (Å²) in [7, 11) is 1.90. The summed E-state index contributed by atoms with van der Waals surface area (Å²) in [6.07, 6.45) is 4.26. The van der Waals surface area contributed by atoms with Crippen molar-refractivity contribution >= 4 is 11.7 Å². The summed E-state index contributed by atoms with van der Waals surface area (Å²) in [4.78, 5) is 28.5. The van der Waals surface area contributed by atoms with E-state index in [0.29, 0.717) is 23.5 Å². The molecule has 0 aliphatic carbocycles. The Balaban J connectivity index is 1.71. The lowest BCUT2D eigenvalue weighted by molar-refractivity contribution is -0.121. The van der Waals surface area contributed by atoms with E-state index >= 15 is 0 Å². The Morgan fingerprint density at radius 2 is 2.00 bits per heavy atom. The van der Waals surface area contributed by atoms with E-state index in [-0.39, 0.29) is 24.2 Å². The number of imidazole rings is 1. The number of furan rings is 1. The predicted octanol–water partition coefficient (Wildman–Crippen LogP) is 3.36. The van der Waals surface area contributed by atoms with Gasteiger partial charge in [0.25, 0.3) is 0 Å². The Morgan fingerprint density at radius 3 is 2.59 bits per heavy atom. The van der Waals surface area contributed by atoms with E-state index in [0.717, 1.165) is 11.4 Å². The van der Waals surface area contributed by atoms with Crippen LogP contribution in [-0.4, -0.2) is 21.2 Å². The molecule has 2 aromatic heterocycles. The molecular weight excluding hydrogens is 342 g/mol. The molecule has 0 aliphatic rings. The van der Waals surface area contributed by atoms with E-state index in [4.69, 9.17) is 4.42 Å². The summed E-state index contributed by atoms with van der Waals surface area (Å²) >= 11 is 0. The van der Waals surface area contributed by atoms with Crippen molar-refractivity contribution in [2.45, 2.75) is 32.7 Å². The minimum Gasteiger partial charge on any atom is -0.466 e. The van der Waals surface area contributed by atoms with E-state index in [2.05, 4.69) is 10.3 Å². The molecule has 0 bridgehead atoms. The van der Waals surface area contributed by atoms with Crippen molar-refractivity contribution in [3.8, 4) is 0 Å². The van der Waals surface area contributed by atoms with Gasteiger partial charge in [0.1, 0.15) is 23.4 Å². The SMILES string of the molecule is CC(=O)c1cc(CCC(=O)N[C@H](c2ccccc2)c2nccn2C)oc1C. The van der Waals surface area contributed by atoms with E-state index in [9.17, 15) is 9.59 Å². The lowest BCUT2D eigenvalue weighted by Gasteiger charge is -2.19. The van der Waals surface area contributed by atoms with Gasteiger partial charge < -0.3 is 14.3 Å². The minimum absolute atomic E-state index is 0.0362. The smallest absolute Gasteiger partial charge is 0.221 e. The van der Waals surface area contributed by atoms with Crippen molar-refractivity contribution in [3.63, 3.8) is 0 Å². The maximum atomic E-state index is 12.6. The van der Waals surface area contributed by atoms with E-state index in [1.54, 1.807) is 19.2 Å². The molecule has 0 saturated carbocycles. The lowest BCUT2D eigenvalue weighted by atomic mass is 10.1. The van der Waals surface area contributed by atoms with Crippen LogP contribution in [0.3, 0.4) is 0 Å². The van der Waals surface area contributed by atoms with Gasteiger partial charge in [-0.3, -0.25) is 9.59 Å². The van der Waals surface area contributed by atoms with Crippen LogP contribution < -0.4 is 5.32 Å². The molecule has 1 aromatic carbocycles. The average molecular weight is 365 g/mol. The molecular formula is C21H23N3O3. The lowest BCUT2D eigenvalue weighted by Crippen LogP contribution is -2.31. The van der Waals surface area contributed by atoms with Gasteiger partial charge in [0, 0.05) is 32.3 Å². The van der Waals surface area contributed by atoms with E-state index in [1.165, 1.54) is 6.92 Å². The number of benzene rings is 1. The molecule has 0 saturated heterocycles. The molecule has 1 amide bonds. The fourth-order valence-corrected chi connectivity index (χ4v) is 3.08. The van der Waals surface area contributed by atoms with Crippen LogP contribution in [0.1, 0.15) is 52.7 Å². The van der Waals surface area contributed by atoms with E-state index in [1.807, 2.05) is 48.1 Å². The Labute approximate surface area is 158 Å². The minimum atomic E-state index is -0.329. The van der Waals surface area contributed by atoms with Crippen LogP contribution in [0.15, 0.2) is 53.2 Å². The second-order valence-corrected chi connectivity index (χ2v) is 6.55. The quantitative estimate of drug-likeness (QED) is 0.651. The number of hydrogen-bond donors (Lipinski definition) is 1. The van der Waals surface area contributed by atoms with Gasteiger partial charge in [-0.1, -0.05) is 30.3 Å². The number of nitrogens with one attached hydrogen (secondary N) is 1. The Kier molecular flexibility index (Phi) is 5.54. The molecule has 2 heterocycles. The Bertz CT molecular complexity index is 941. The summed E-state index contributed by atoms with van der Waals surface area (Å²) in [5.41, 5.74) is 1.54. The molecule has 0 radical (unpaired) electrons. The van der Waals surface area contributed by atoms with Crippen molar-refractivity contribution < 1.29 is 14.0 Å². The molecule has 1 N–H and O–H groups in total. The largest absolute Gasteiger partial charge is 0.466 e. The number of carbonyl (C=O) groups excluding carboxylic acids is 2. The monoisotopic (exact) mass is 365 g/mol. The number of Topliss-reactive ketones (excluding diaryl/α,β-unsaturated/α-hetero) is 1. The highest BCUT2D eigenvalue weighted by molar-refractivity contribution is 5.95. The number of rotatable bonds is 7. The normalized spacial score (nSPS) is 12.0. The van der Waals surface area contributed by atoms with Crippen LogP contribution in [0.5, 0.6) is 0 Å². The Morgan fingerprint density at radius 1 is 1.26 bits per heavy atom. The molecule has 3 rings (SSSR count). The second kappa shape index (κ2) is 8.03. The maximum absolute atomic E-state index is 12.6. The zero-order valence-electron chi connectivity index (χ0n) is 15.7. The van der Waals surface area contributed by atoms with E-state index < -0.39 is 0 Å². The van der Waals surface area contributed by atoms with Gasteiger partial charge in [0.05, 0.1) is 5.56 Å². The van der Waals surface area contributed by atoms with Gasteiger partial charge in [-0.2, -0.15) is 0 Å². The molecule has 3 aromatic rings. The average Bonchev–Trinajstić information content (AvgIpc) is 3.24. The number of nitrogens with zero attached hydrogens (tertiary/aromatic N) is 2. The van der Waals surface area contributed by atoms with Crippen LogP contribution in [0.25, 0.3) is 0 Å². The van der Waals surface area contributed by atoms with Gasteiger partial charge >= 0.3 is 0 Å². The third-order valence-corrected chi connectivity index (χ3v) is 4.50. The van der Waals surface area contributed by atoms with Crippen molar-refractivity contribution in [1.82, 2.24) is 14.9 Å². The number of aromatic nitrogens is 2. The fraction of sp³-hybridized carbons (Fsp3) is 0.286. The molecule has 0 unspecified atom stereocenters. The number of carbonyl (C=O) groups is 2. The highest BCUT2D eigenvalue weighted by Crippen LogP contribution is 2.21. The summed E-state index contributed by atoms with van der Waals surface area (Å²) in [5.74, 6) is 1.85. The summed E-state index contributed by atoms with van der Waals surface area (Å²) in [5, 5.41) is 3.06. The van der Waals surface area contributed by atoms with Gasteiger partial charge in [-0.25, -0.2) is 4.98 Å². The number of aryl methyl sites for hydroxylation is 3. The third kappa shape index (κ3) is 4.34. The molecule has 27 heavy (non-hydrogen) atoms. The standard InChI is InChI=1S/C21H23N3O3/c1-14(25)18-13-17(27-15(18)2)9-10-19(26)23-20(16-7-5-4-6-8-16)21-22-11-12-24(21)3/h4-8,11-13,20H,9-10H2,1-3H3,(H,23,26)/t20-/m1/s1.